The van der Waals surface area contributed by atoms with Crippen LogP contribution in [0.2, 0.25) is 5.15 Å². The Morgan fingerprint density at radius 3 is 2.52 bits per heavy atom. The molecule has 1 amide bonds. The molecule has 1 heterocycles. The van der Waals surface area contributed by atoms with Gasteiger partial charge in [-0.1, -0.05) is 66.2 Å². The number of carbonyl (C=O) groups is 1. The molecule has 0 aliphatic carbocycles. The number of nitrogens with zero attached hydrogens (tertiary/aromatic N) is 3. The summed E-state index contributed by atoms with van der Waals surface area (Å²) in [6.45, 7) is 0.185. The minimum Gasteiger partial charge on any atom is -0.384 e. The molecule has 33 heavy (non-hydrogen) atoms. The molecule has 0 aliphatic heterocycles. The zero-order valence-electron chi connectivity index (χ0n) is 17.6. The van der Waals surface area contributed by atoms with Crippen molar-refractivity contribution >= 4 is 29.2 Å². The van der Waals surface area contributed by atoms with Crippen molar-refractivity contribution in [1.29, 1.82) is 10.7 Å². The Bertz CT molecular complexity index is 1250. The van der Waals surface area contributed by atoms with Crippen molar-refractivity contribution in [3.63, 3.8) is 0 Å². The number of nitrogen functional groups attached to an aromatic ring is 1. The lowest BCUT2D eigenvalue weighted by Crippen LogP contribution is -2.34. The van der Waals surface area contributed by atoms with Gasteiger partial charge in [-0.25, -0.2) is 4.98 Å². The van der Waals surface area contributed by atoms with E-state index < -0.39 is 11.5 Å². The molecule has 0 bridgehead atoms. The first-order valence-corrected chi connectivity index (χ1v) is 10.4. The third-order valence-corrected chi connectivity index (χ3v) is 5.02. The molecule has 168 valence electrons. The highest BCUT2D eigenvalue weighted by atomic mass is 35.5. The number of rotatable bonds is 9. The Labute approximate surface area is 195 Å². The molecule has 2 aromatic carbocycles. The van der Waals surface area contributed by atoms with Gasteiger partial charge in [-0.05, 0) is 5.56 Å². The second kappa shape index (κ2) is 10.9. The molecule has 0 atom stereocenters. The van der Waals surface area contributed by atoms with E-state index in [2.05, 4.69) is 15.6 Å². The summed E-state index contributed by atoms with van der Waals surface area (Å²) >= 11 is 6.42. The highest BCUT2D eigenvalue weighted by Crippen LogP contribution is 2.26. The number of hydrogen-bond acceptors (Lipinski definition) is 6. The van der Waals surface area contributed by atoms with Crippen LogP contribution in [0.3, 0.4) is 0 Å². The summed E-state index contributed by atoms with van der Waals surface area (Å²) in [6.07, 6.45) is 0.183. The molecular formula is C23H22ClN7O2. The highest BCUT2D eigenvalue weighted by molar-refractivity contribution is 6.32. The Hall–Kier alpha value is -4.16. The van der Waals surface area contributed by atoms with Crippen LogP contribution < -0.4 is 21.9 Å². The molecule has 0 fully saturated rings. The number of amides is 1. The van der Waals surface area contributed by atoms with E-state index in [1.807, 2.05) is 12.1 Å². The molecule has 9 nitrogen and oxygen atoms in total. The summed E-state index contributed by atoms with van der Waals surface area (Å²) in [5.41, 5.74) is 7.31. The molecule has 3 aromatic rings. The predicted octanol–water partition coefficient (Wildman–Crippen LogP) is 2.49. The van der Waals surface area contributed by atoms with E-state index in [0.29, 0.717) is 16.8 Å². The number of hydrogen-bond donors (Lipinski definition) is 4. The summed E-state index contributed by atoms with van der Waals surface area (Å²) in [4.78, 5) is 30.0. The summed E-state index contributed by atoms with van der Waals surface area (Å²) in [6, 6.07) is 17.9. The molecule has 0 radical (unpaired) electrons. The average molecular weight is 464 g/mol. The summed E-state index contributed by atoms with van der Waals surface area (Å²) in [5, 5.41) is 21.8. The number of nitrogens with two attached hydrogens (primary N) is 1. The fraction of sp³-hybridized carbons (Fsp3) is 0.174. The summed E-state index contributed by atoms with van der Waals surface area (Å²) in [5.74, 6) is -0.454. The van der Waals surface area contributed by atoms with Crippen molar-refractivity contribution in [3.8, 4) is 17.3 Å². The minimum absolute atomic E-state index is 0.0254. The van der Waals surface area contributed by atoms with Crippen LogP contribution in [0.15, 0.2) is 59.4 Å². The van der Waals surface area contributed by atoms with E-state index in [0.717, 1.165) is 5.56 Å². The number of halogens is 1. The first-order chi connectivity index (χ1) is 15.9. The molecule has 10 heteroatoms. The smallest absolute Gasteiger partial charge is 0.294 e. The Morgan fingerprint density at radius 1 is 1.18 bits per heavy atom. The van der Waals surface area contributed by atoms with Gasteiger partial charge in [-0.2, -0.15) is 5.26 Å². The molecule has 5 N–H and O–H groups in total. The lowest BCUT2D eigenvalue weighted by atomic mass is 10.1. The fourth-order valence-corrected chi connectivity index (χ4v) is 3.41. The van der Waals surface area contributed by atoms with Gasteiger partial charge in [-0.3, -0.25) is 19.6 Å². The number of nitrogens with one attached hydrogen (secondary N) is 3. The normalized spacial score (nSPS) is 10.3. The molecule has 0 saturated heterocycles. The molecular weight excluding hydrogens is 442 g/mol. The topological polar surface area (TPSA) is 150 Å². The minimum atomic E-state index is -0.517. The maximum Gasteiger partial charge on any atom is 0.294 e. The first-order valence-electron chi connectivity index (χ1n) is 10.1. The Kier molecular flexibility index (Phi) is 7.78. The van der Waals surface area contributed by atoms with Crippen LogP contribution in [0.5, 0.6) is 0 Å². The zero-order chi connectivity index (χ0) is 23.8. The summed E-state index contributed by atoms with van der Waals surface area (Å²) < 4.78 is 1.27. The van der Waals surface area contributed by atoms with E-state index in [1.165, 1.54) is 4.57 Å². The van der Waals surface area contributed by atoms with Gasteiger partial charge in [0.05, 0.1) is 18.2 Å². The number of anilines is 1. The van der Waals surface area contributed by atoms with Crippen molar-refractivity contribution in [2.24, 2.45) is 5.73 Å². The first kappa shape index (κ1) is 23.5. The lowest BCUT2D eigenvalue weighted by molar-refractivity contribution is -0.121. The Morgan fingerprint density at radius 2 is 1.88 bits per heavy atom. The number of nitriles is 1. The fourth-order valence-electron chi connectivity index (χ4n) is 3.12. The van der Waals surface area contributed by atoms with Gasteiger partial charge in [0.2, 0.25) is 5.91 Å². The number of amidine groups is 1. The van der Waals surface area contributed by atoms with E-state index in [4.69, 9.17) is 28.0 Å². The third-order valence-electron chi connectivity index (χ3n) is 4.76. The van der Waals surface area contributed by atoms with Crippen LogP contribution in [-0.2, 0) is 17.9 Å². The molecule has 1 aromatic heterocycles. The number of benzene rings is 2. The van der Waals surface area contributed by atoms with Crippen LogP contribution in [0.4, 0.5) is 5.82 Å². The molecule has 0 unspecified atom stereocenters. The van der Waals surface area contributed by atoms with Crippen molar-refractivity contribution in [3.05, 3.63) is 81.2 Å². The molecule has 0 aliphatic rings. The highest BCUT2D eigenvalue weighted by Gasteiger charge is 2.19. The second-order valence-electron chi connectivity index (χ2n) is 7.08. The van der Waals surface area contributed by atoms with E-state index >= 15 is 0 Å². The number of carbonyl (C=O) groups excluding carboxylic acids is 1. The molecule has 3 rings (SSSR count). The van der Waals surface area contributed by atoms with Gasteiger partial charge in [0.15, 0.2) is 11.0 Å². The molecule has 0 saturated carbocycles. The largest absolute Gasteiger partial charge is 0.384 e. The summed E-state index contributed by atoms with van der Waals surface area (Å²) in [7, 11) is 0. The molecule has 0 spiro atoms. The maximum absolute atomic E-state index is 13.1. The van der Waals surface area contributed by atoms with Crippen LogP contribution in [0, 0.1) is 16.7 Å². The van der Waals surface area contributed by atoms with Crippen molar-refractivity contribution in [2.45, 2.75) is 19.5 Å². The van der Waals surface area contributed by atoms with E-state index in [9.17, 15) is 9.59 Å². The maximum atomic E-state index is 13.1. The van der Waals surface area contributed by atoms with Crippen molar-refractivity contribution in [2.75, 3.05) is 11.9 Å². The van der Waals surface area contributed by atoms with Crippen LogP contribution in [0.1, 0.15) is 17.5 Å². The quantitative estimate of drug-likeness (QED) is 0.217. The lowest BCUT2D eigenvalue weighted by Gasteiger charge is -2.16. The SMILES string of the molecule is N#CCCNc1nc(Cl)c(-c2ccccc2)n(CC(=O)NCc2ccc(C(=N)N)cc2)c1=O. The van der Waals surface area contributed by atoms with Crippen LogP contribution in [-0.4, -0.2) is 27.8 Å². The van der Waals surface area contributed by atoms with Gasteiger partial charge in [-0.15, -0.1) is 0 Å². The monoisotopic (exact) mass is 463 g/mol. The number of aromatic nitrogens is 2. The van der Waals surface area contributed by atoms with Gasteiger partial charge >= 0.3 is 0 Å². The van der Waals surface area contributed by atoms with Gasteiger partial charge in [0, 0.05) is 24.2 Å². The third kappa shape index (κ3) is 5.96. The van der Waals surface area contributed by atoms with Gasteiger partial charge in [0.1, 0.15) is 12.4 Å². The van der Waals surface area contributed by atoms with Gasteiger partial charge < -0.3 is 16.4 Å². The van der Waals surface area contributed by atoms with Crippen LogP contribution in [0.25, 0.3) is 11.3 Å². The second-order valence-corrected chi connectivity index (χ2v) is 7.44. The zero-order valence-corrected chi connectivity index (χ0v) is 18.4. The van der Waals surface area contributed by atoms with Crippen molar-refractivity contribution in [1.82, 2.24) is 14.9 Å². The standard InChI is InChI=1S/C23H22ClN7O2/c24-20-19(16-5-2-1-3-6-16)31(23(33)22(30-20)28-12-4-11-25)14-18(32)29-13-15-7-9-17(10-8-15)21(26)27/h1-3,5-10H,4,12-14H2,(H3,26,27)(H,28,30)(H,29,32). The van der Waals surface area contributed by atoms with Crippen molar-refractivity contribution < 1.29 is 4.79 Å². The average Bonchev–Trinajstić information content (AvgIpc) is 2.81. The van der Waals surface area contributed by atoms with Gasteiger partial charge in [0.25, 0.3) is 5.56 Å². The predicted molar refractivity (Wildman–Crippen MR) is 127 cm³/mol. The van der Waals surface area contributed by atoms with E-state index in [-0.39, 0.29) is 42.9 Å². The Balaban J connectivity index is 1.86. The van der Waals surface area contributed by atoms with Crippen LogP contribution >= 0.6 is 11.6 Å². The van der Waals surface area contributed by atoms with E-state index in [1.54, 1.807) is 48.5 Å².